The molecule has 0 aliphatic carbocycles. The Hall–Kier alpha value is -2.92. The summed E-state index contributed by atoms with van der Waals surface area (Å²) in [7, 11) is 0. The molecule has 5 heteroatoms. The number of carbonyl (C=O) groups excluding carboxylic acids is 1. The minimum absolute atomic E-state index is 0.0512. The highest BCUT2D eigenvalue weighted by molar-refractivity contribution is 7.99. The Morgan fingerprint density at radius 3 is 2.31 bits per heavy atom. The second kappa shape index (κ2) is 12.2. The lowest BCUT2D eigenvalue weighted by Crippen LogP contribution is -2.36. The summed E-state index contributed by atoms with van der Waals surface area (Å²) in [6, 6.07) is 25.6. The second-order valence-electron chi connectivity index (χ2n) is 7.65. The van der Waals surface area contributed by atoms with E-state index in [1.165, 1.54) is 5.56 Å². The van der Waals surface area contributed by atoms with Gasteiger partial charge in [-0.3, -0.25) is 0 Å². The number of amides is 1. The zero-order valence-corrected chi connectivity index (χ0v) is 19.5. The molecule has 0 fully saturated rings. The van der Waals surface area contributed by atoms with Gasteiger partial charge in [0.05, 0.1) is 5.25 Å². The van der Waals surface area contributed by atoms with Gasteiger partial charge in [-0.1, -0.05) is 86.6 Å². The summed E-state index contributed by atoms with van der Waals surface area (Å²) in [5.74, 6) is 1.24. The molecule has 0 saturated carbocycles. The van der Waals surface area contributed by atoms with Crippen LogP contribution < -0.4 is 5.32 Å². The Kier molecular flexibility index (Phi) is 9.05. The lowest BCUT2D eigenvalue weighted by molar-refractivity contribution is 0.135. The zero-order valence-electron chi connectivity index (χ0n) is 18.7. The van der Waals surface area contributed by atoms with Gasteiger partial charge in [0.1, 0.15) is 12.4 Å². The monoisotopic (exact) mass is 449 g/mol. The molecule has 0 spiro atoms. The van der Waals surface area contributed by atoms with Crippen molar-refractivity contribution < 1.29 is 14.6 Å². The van der Waals surface area contributed by atoms with Crippen LogP contribution in [0.25, 0.3) is 0 Å². The van der Waals surface area contributed by atoms with Gasteiger partial charge in [-0.2, -0.15) is 0 Å². The maximum absolute atomic E-state index is 12.3. The van der Waals surface area contributed by atoms with Crippen LogP contribution in [0.4, 0.5) is 4.79 Å². The normalized spacial score (nSPS) is 12.7. The fraction of sp³-hybridized carbons (Fsp3) is 0.296. The van der Waals surface area contributed by atoms with E-state index in [0.717, 1.165) is 28.9 Å². The van der Waals surface area contributed by atoms with Crippen LogP contribution in [0.5, 0.6) is 5.75 Å². The number of aromatic hydroxyl groups is 1. The number of alkyl carbamates (subject to hydrolysis) is 1. The average molecular weight is 450 g/mol. The van der Waals surface area contributed by atoms with Gasteiger partial charge in [0.15, 0.2) is 0 Å². The lowest BCUT2D eigenvalue weighted by atomic mass is 9.97. The molecular weight excluding hydrogens is 418 g/mol. The number of hydrogen-bond acceptors (Lipinski definition) is 4. The van der Waals surface area contributed by atoms with Crippen molar-refractivity contribution in [3.05, 3.63) is 101 Å². The molecule has 3 aromatic rings. The van der Waals surface area contributed by atoms with E-state index in [9.17, 15) is 9.90 Å². The Bertz CT molecular complexity index is 979. The van der Waals surface area contributed by atoms with E-state index < -0.39 is 6.09 Å². The van der Waals surface area contributed by atoms with Crippen molar-refractivity contribution >= 4 is 17.9 Å². The first-order chi connectivity index (χ1) is 15.6. The number of thioether (sulfide) groups is 1. The van der Waals surface area contributed by atoms with E-state index in [1.807, 2.05) is 61.5 Å². The van der Waals surface area contributed by atoms with E-state index >= 15 is 0 Å². The molecule has 3 rings (SSSR count). The second-order valence-corrected chi connectivity index (χ2v) is 9.04. The Labute approximate surface area is 195 Å². The summed E-state index contributed by atoms with van der Waals surface area (Å²) < 4.78 is 5.38. The summed E-state index contributed by atoms with van der Waals surface area (Å²) in [4.78, 5) is 12.3. The number of benzene rings is 3. The van der Waals surface area contributed by atoms with Crippen LogP contribution in [0, 0.1) is 0 Å². The number of phenolic OH excluding ortho intramolecular Hbond substituents is 1. The molecule has 0 saturated heterocycles. The zero-order chi connectivity index (χ0) is 22.8. The van der Waals surface area contributed by atoms with E-state index in [1.54, 1.807) is 17.8 Å². The summed E-state index contributed by atoms with van der Waals surface area (Å²) in [6.45, 7) is 4.42. The van der Waals surface area contributed by atoms with E-state index in [2.05, 4.69) is 30.4 Å². The van der Waals surface area contributed by atoms with Gasteiger partial charge in [-0.25, -0.2) is 4.79 Å². The molecule has 1 amide bonds. The van der Waals surface area contributed by atoms with Crippen LogP contribution in [0.15, 0.2) is 78.9 Å². The third kappa shape index (κ3) is 6.79. The van der Waals surface area contributed by atoms with Crippen LogP contribution in [0.1, 0.15) is 47.8 Å². The molecule has 2 N–H and O–H groups in total. The standard InChI is InChI=1S/C27H31NO3S/c1-3-23(28-27(30)31-19-20-11-7-5-8-12-20)17-21-15-16-25(29)24(18-21)26(32-4-2)22-13-9-6-10-14-22/h5-16,18,23,26,29H,3-4,17,19H2,1-2H3,(H,28,30). The van der Waals surface area contributed by atoms with Gasteiger partial charge in [-0.15, -0.1) is 11.8 Å². The predicted octanol–water partition coefficient (Wildman–Crippen LogP) is 6.48. The Balaban J connectivity index is 1.68. The third-order valence-corrected chi connectivity index (χ3v) is 6.51. The fourth-order valence-corrected chi connectivity index (χ4v) is 4.67. The summed E-state index contributed by atoms with van der Waals surface area (Å²) in [5.41, 5.74) is 4.11. The van der Waals surface area contributed by atoms with E-state index in [0.29, 0.717) is 12.2 Å². The highest BCUT2D eigenvalue weighted by atomic mass is 32.2. The lowest BCUT2D eigenvalue weighted by Gasteiger charge is -2.21. The molecule has 32 heavy (non-hydrogen) atoms. The topological polar surface area (TPSA) is 58.6 Å². The van der Waals surface area contributed by atoms with E-state index in [-0.39, 0.29) is 17.9 Å². The van der Waals surface area contributed by atoms with Gasteiger partial charge in [0.25, 0.3) is 0 Å². The number of ether oxygens (including phenoxy) is 1. The largest absolute Gasteiger partial charge is 0.508 e. The number of hydrogen-bond donors (Lipinski definition) is 2. The summed E-state index contributed by atoms with van der Waals surface area (Å²) in [6.07, 6.45) is 1.04. The molecule has 0 heterocycles. The molecule has 0 aliphatic rings. The Morgan fingerprint density at radius 1 is 0.969 bits per heavy atom. The first kappa shape index (κ1) is 23.7. The molecule has 0 aromatic heterocycles. The van der Waals surface area contributed by atoms with Crippen molar-refractivity contribution in [1.29, 1.82) is 0 Å². The third-order valence-electron chi connectivity index (χ3n) is 5.32. The molecule has 0 bridgehead atoms. The molecule has 0 radical (unpaired) electrons. The van der Waals surface area contributed by atoms with Gasteiger partial charge in [-0.05, 0) is 41.4 Å². The van der Waals surface area contributed by atoms with Crippen LogP contribution in [-0.2, 0) is 17.8 Å². The minimum atomic E-state index is -0.414. The van der Waals surface area contributed by atoms with Crippen molar-refractivity contribution in [2.45, 2.75) is 44.6 Å². The van der Waals surface area contributed by atoms with E-state index in [4.69, 9.17) is 4.74 Å². The molecule has 2 unspecified atom stereocenters. The van der Waals surface area contributed by atoms with Crippen molar-refractivity contribution in [3.63, 3.8) is 0 Å². The molecule has 0 aliphatic heterocycles. The smallest absolute Gasteiger partial charge is 0.407 e. The highest BCUT2D eigenvalue weighted by Gasteiger charge is 2.19. The van der Waals surface area contributed by atoms with Crippen LogP contribution in [-0.4, -0.2) is 23.0 Å². The fourth-order valence-electron chi connectivity index (χ4n) is 3.61. The molecule has 4 nitrogen and oxygen atoms in total. The van der Waals surface area contributed by atoms with Crippen molar-refractivity contribution in [2.75, 3.05) is 5.75 Å². The number of nitrogens with one attached hydrogen (secondary N) is 1. The predicted molar refractivity (Wildman–Crippen MR) is 132 cm³/mol. The summed E-state index contributed by atoms with van der Waals surface area (Å²) >= 11 is 1.80. The van der Waals surface area contributed by atoms with Crippen molar-refractivity contribution in [2.24, 2.45) is 0 Å². The number of carbonyl (C=O) groups is 1. The quantitative estimate of drug-likeness (QED) is 0.372. The van der Waals surface area contributed by atoms with Crippen molar-refractivity contribution in [3.8, 4) is 5.75 Å². The highest BCUT2D eigenvalue weighted by Crippen LogP contribution is 2.40. The minimum Gasteiger partial charge on any atom is -0.508 e. The van der Waals surface area contributed by atoms with Crippen LogP contribution in [0.3, 0.4) is 0 Å². The summed E-state index contributed by atoms with van der Waals surface area (Å²) in [5, 5.41) is 13.6. The maximum atomic E-state index is 12.3. The number of phenols is 1. The molecule has 2 atom stereocenters. The molecule has 168 valence electrons. The molecule has 3 aromatic carbocycles. The number of rotatable bonds is 10. The Morgan fingerprint density at radius 2 is 1.66 bits per heavy atom. The van der Waals surface area contributed by atoms with Gasteiger partial charge in [0.2, 0.25) is 0 Å². The van der Waals surface area contributed by atoms with Gasteiger partial charge >= 0.3 is 6.09 Å². The first-order valence-electron chi connectivity index (χ1n) is 11.1. The molecular formula is C27H31NO3S. The van der Waals surface area contributed by atoms with Crippen LogP contribution >= 0.6 is 11.8 Å². The first-order valence-corrected chi connectivity index (χ1v) is 12.1. The van der Waals surface area contributed by atoms with Crippen molar-refractivity contribution in [1.82, 2.24) is 5.32 Å². The maximum Gasteiger partial charge on any atom is 0.407 e. The van der Waals surface area contributed by atoms with Gasteiger partial charge < -0.3 is 15.2 Å². The van der Waals surface area contributed by atoms with Crippen LogP contribution in [0.2, 0.25) is 0 Å². The SMILES string of the molecule is CCSC(c1ccccc1)c1cc(CC(CC)NC(=O)OCc2ccccc2)ccc1O. The average Bonchev–Trinajstić information content (AvgIpc) is 2.83. The van der Waals surface area contributed by atoms with Gasteiger partial charge in [0, 0.05) is 11.6 Å².